The summed E-state index contributed by atoms with van der Waals surface area (Å²) in [6.45, 7) is 1.68. The summed E-state index contributed by atoms with van der Waals surface area (Å²) in [5.41, 5.74) is 6.81. The molecule has 0 bridgehead atoms. The van der Waals surface area contributed by atoms with E-state index < -0.39 is 23.6 Å². The minimum atomic E-state index is -0.602. The molecule has 28 heavy (non-hydrogen) atoms. The molecule has 7 heteroatoms. The predicted molar refractivity (Wildman–Crippen MR) is 104 cm³/mol. The fraction of sp³-hybridized carbons (Fsp3) is 0.524. The lowest BCUT2D eigenvalue weighted by molar-refractivity contribution is -0.135. The molecule has 3 rings (SSSR count). The fourth-order valence-electron chi connectivity index (χ4n) is 4.08. The molecule has 4 amide bonds. The number of fused-ring (bicyclic) bond motifs is 1. The number of rotatable bonds is 7. The van der Waals surface area contributed by atoms with Crippen molar-refractivity contribution >= 4 is 23.6 Å². The monoisotopic (exact) mass is 385 g/mol. The Kier molecular flexibility index (Phi) is 6.11. The first-order valence-electron chi connectivity index (χ1n) is 9.89. The van der Waals surface area contributed by atoms with Gasteiger partial charge in [-0.2, -0.15) is 0 Å². The smallest absolute Gasteiger partial charge is 0.262 e. The van der Waals surface area contributed by atoms with Crippen LogP contribution < -0.4 is 5.73 Å². The van der Waals surface area contributed by atoms with Crippen molar-refractivity contribution in [3.63, 3.8) is 0 Å². The number of carbonyl (C=O) groups excluding carboxylic acids is 4. The lowest BCUT2D eigenvalue weighted by Crippen LogP contribution is -2.46. The van der Waals surface area contributed by atoms with Crippen LogP contribution >= 0.6 is 0 Å². The summed E-state index contributed by atoms with van der Waals surface area (Å²) in [6, 6.07) is 5.03. The van der Waals surface area contributed by atoms with E-state index in [-0.39, 0.29) is 13.1 Å². The molecule has 0 aromatic heterocycles. The number of hydrogen-bond donors (Lipinski definition) is 1. The molecular weight excluding hydrogens is 358 g/mol. The summed E-state index contributed by atoms with van der Waals surface area (Å²) >= 11 is 0. The minimum absolute atomic E-state index is 0.201. The van der Waals surface area contributed by atoms with Crippen molar-refractivity contribution in [2.45, 2.75) is 45.4 Å². The van der Waals surface area contributed by atoms with Crippen molar-refractivity contribution < 1.29 is 19.2 Å². The molecule has 0 unspecified atom stereocenters. The maximum absolute atomic E-state index is 12.8. The van der Waals surface area contributed by atoms with Crippen LogP contribution in [0, 0.1) is 12.8 Å². The van der Waals surface area contributed by atoms with Crippen LogP contribution in [0.15, 0.2) is 18.2 Å². The van der Waals surface area contributed by atoms with Gasteiger partial charge in [-0.3, -0.25) is 24.1 Å². The average Bonchev–Trinajstić information content (AvgIpc) is 2.90. The molecular formula is C21H27N3O4. The molecule has 0 spiro atoms. The molecule has 0 atom stereocenters. The molecule has 1 heterocycles. The van der Waals surface area contributed by atoms with Crippen LogP contribution in [0.5, 0.6) is 0 Å². The fourth-order valence-corrected chi connectivity index (χ4v) is 4.08. The Bertz CT molecular complexity index is 799. The standard InChI is InChI=1S/C21H27N3O4/c1-14-7-8-16-17(11-14)21(28)24(20(16)27)13-19(26)23(12-18(22)25)10-9-15-5-3-2-4-6-15/h7-8,11,15H,2-6,9-10,12-13H2,1H3,(H2,22,25). The lowest BCUT2D eigenvalue weighted by atomic mass is 9.87. The lowest BCUT2D eigenvalue weighted by Gasteiger charge is -2.27. The summed E-state index contributed by atoms with van der Waals surface area (Å²) < 4.78 is 0. The number of carbonyl (C=O) groups is 4. The largest absolute Gasteiger partial charge is 0.368 e. The van der Waals surface area contributed by atoms with Crippen LogP contribution in [0.2, 0.25) is 0 Å². The van der Waals surface area contributed by atoms with Gasteiger partial charge in [-0.05, 0) is 31.4 Å². The van der Waals surface area contributed by atoms with Gasteiger partial charge in [-0.15, -0.1) is 0 Å². The van der Waals surface area contributed by atoms with Gasteiger partial charge >= 0.3 is 0 Å². The number of primary amides is 1. The second-order valence-electron chi connectivity index (χ2n) is 7.82. The SMILES string of the molecule is Cc1ccc2c(c1)C(=O)N(CC(=O)N(CCC1CCCCC1)CC(N)=O)C2=O. The molecule has 1 aliphatic carbocycles. The summed E-state index contributed by atoms with van der Waals surface area (Å²) in [6.07, 6.45) is 6.72. The van der Waals surface area contributed by atoms with E-state index in [1.165, 1.54) is 24.2 Å². The highest BCUT2D eigenvalue weighted by Gasteiger charge is 2.37. The third kappa shape index (κ3) is 4.40. The molecule has 150 valence electrons. The van der Waals surface area contributed by atoms with Crippen LogP contribution in [-0.2, 0) is 9.59 Å². The van der Waals surface area contributed by atoms with Gasteiger partial charge in [0.25, 0.3) is 11.8 Å². The van der Waals surface area contributed by atoms with E-state index in [4.69, 9.17) is 5.73 Å². The molecule has 7 nitrogen and oxygen atoms in total. The first kappa shape index (κ1) is 20.0. The van der Waals surface area contributed by atoms with Gasteiger partial charge in [0.1, 0.15) is 6.54 Å². The van der Waals surface area contributed by atoms with Crippen molar-refractivity contribution in [3.8, 4) is 0 Å². The number of nitrogens with two attached hydrogens (primary N) is 1. The molecule has 2 aliphatic rings. The second-order valence-corrected chi connectivity index (χ2v) is 7.82. The number of aryl methyl sites for hydroxylation is 1. The quantitative estimate of drug-likeness (QED) is 0.724. The maximum atomic E-state index is 12.8. The van der Waals surface area contributed by atoms with Crippen LogP contribution in [0.25, 0.3) is 0 Å². The van der Waals surface area contributed by atoms with E-state index in [9.17, 15) is 19.2 Å². The van der Waals surface area contributed by atoms with E-state index in [0.29, 0.717) is 23.6 Å². The van der Waals surface area contributed by atoms with Gasteiger partial charge in [0.15, 0.2) is 0 Å². The van der Waals surface area contributed by atoms with Crippen molar-refractivity contribution in [3.05, 3.63) is 34.9 Å². The van der Waals surface area contributed by atoms with Gasteiger partial charge < -0.3 is 10.6 Å². The van der Waals surface area contributed by atoms with Gasteiger partial charge in [0, 0.05) is 6.54 Å². The number of imide groups is 1. The zero-order chi connectivity index (χ0) is 20.3. The van der Waals surface area contributed by atoms with Gasteiger partial charge in [-0.1, -0.05) is 43.7 Å². The van der Waals surface area contributed by atoms with E-state index >= 15 is 0 Å². The van der Waals surface area contributed by atoms with Gasteiger partial charge in [0.05, 0.1) is 17.7 Å². The highest BCUT2D eigenvalue weighted by Crippen LogP contribution is 2.27. The zero-order valence-electron chi connectivity index (χ0n) is 16.3. The first-order chi connectivity index (χ1) is 13.4. The van der Waals surface area contributed by atoms with E-state index in [1.807, 2.05) is 6.92 Å². The molecule has 1 fully saturated rings. The highest BCUT2D eigenvalue weighted by molar-refractivity contribution is 6.22. The van der Waals surface area contributed by atoms with E-state index in [2.05, 4.69) is 0 Å². The van der Waals surface area contributed by atoms with E-state index in [1.54, 1.807) is 18.2 Å². The third-order valence-corrected chi connectivity index (χ3v) is 5.65. The van der Waals surface area contributed by atoms with Crippen LogP contribution in [-0.4, -0.2) is 53.1 Å². The highest BCUT2D eigenvalue weighted by atomic mass is 16.2. The summed E-state index contributed by atoms with van der Waals surface area (Å²) in [5, 5.41) is 0. The number of benzene rings is 1. The van der Waals surface area contributed by atoms with E-state index in [0.717, 1.165) is 29.7 Å². The summed E-state index contributed by atoms with van der Waals surface area (Å²) in [5.74, 6) is -1.43. The minimum Gasteiger partial charge on any atom is -0.368 e. The maximum Gasteiger partial charge on any atom is 0.262 e. The number of nitrogens with zero attached hydrogens (tertiary/aromatic N) is 2. The predicted octanol–water partition coefficient (Wildman–Crippen LogP) is 1.88. The second kappa shape index (κ2) is 8.54. The molecule has 1 aromatic rings. The summed E-state index contributed by atoms with van der Waals surface area (Å²) in [4.78, 5) is 51.7. The van der Waals surface area contributed by atoms with Crippen LogP contribution in [0.1, 0.15) is 64.8 Å². The Morgan fingerprint density at radius 2 is 1.79 bits per heavy atom. The molecule has 1 saturated carbocycles. The van der Waals surface area contributed by atoms with Gasteiger partial charge in [-0.25, -0.2) is 0 Å². The molecule has 0 saturated heterocycles. The van der Waals surface area contributed by atoms with Crippen LogP contribution in [0.3, 0.4) is 0 Å². The Morgan fingerprint density at radius 1 is 1.11 bits per heavy atom. The summed E-state index contributed by atoms with van der Waals surface area (Å²) in [7, 11) is 0. The van der Waals surface area contributed by atoms with Gasteiger partial charge in [0.2, 0.25) is 11.8 Å². The Hall–Kier alpha value is -2.70. The topological polar surface area (TPSA) is 101 Å². The molecule has 0 radical (unpaired) electrons. The number of amides is 4. The molecule has 1 aromatic carbocycles. The third-order valence-electron chi connectivity index (χ3n) is 5.65. The van der Waals surface area contributed by atoms with Crippen molar-refractivity contribution in [1.82, 2.24) is 9.80 Å². The molecule has 2 N–H and O–H groups in total. The van der Waals surface area contributed by atoms with Crippen molar-refractivity contribution in [1.29, 1.82) is 0 Å². The average molecular weight is 385 g/mol. The Labute approximate surface area is 164 Å². The number of hydrogen-bond acceptors (Lipinski definition) is 4. The molecule has 1 aliphatic heterocycles. The van der Waals surface area contributed by atoms with Crippen molar-refractivity contribution in [2.75, 3.05) is 19.6 Å². The van der Waals surface area contributed by atoms with Crippen molar-refractivity contribution in [2.24, 2.45) is 11.7 Å². The van der Waals surface area contributed by atoms with Crippen LogP contribution in [0.4, 0.5) is 0 Å². The normalized spacial score (nSPS) is 17.0. The zero-order valence-corrected chi connectivity index (χ0v) is 16.3. The Balaban J connectivity index is 1.66. The first-order valence-corrected chi connectivity index (χ1v) is 9.89. The Morgan fingerprint density at radius 3 is 2.46 bits per heavy atom.